The van der Waals surface area contributed by atoms with Gasteiger partial charge in [0.2, 0.25) is 15.9 Å². The molecule has 0 radical (unpaired) electrons. The number of carbonyl (C=O) groups is 1. The van der Waals surface area contributed by atoms with Crippen molar-refractivity contribution in [3.8, 4) is 0 Å². The highest BCUT2D eigenvalue weighted by Crippen LogP contribution is 2.29. The Kier molecular flexibility index (Phi) is 6.74. The van der Waals surface area contributed by atoms with Crippen molar-refractivity contribution < 1.29 is 17.6 Å². The minimum atomic E-state index is -3.75. The van der Waals surface area contributed by atoms with Crippen molar-refractivity contribution in [3.63, 3.8) is 0 Å². The van der Waals surface area contributed by atoms with Crippen LogP contribution in [0.5, 0.6) is 0 Å². The zero-order chi connectivity index (χ0) is 20.1. The minimum absolute atomic E-state index is 0.0413. The molecule has 1 saturated heterocycles. The van der Waals surface area contributed by atoms with Gasteiger partial charge in [-0.15, -0.1) is 11.8 Å². The Morgan fingerprint density at radius 1 is 1.21 bits per heavy atom. The zero-order valence-electron chi connectivity index (χ0n) is 15.6. The first kappa shape index (κ1) is 20.8. The number of piperidine rings is 1. The Hall–Kier alpha value is -1.90. The van der Waals surface area contributed by atoms with E-state index in [1.165, 1.54) is 16.4 Å². The molecule has 0 aliphatic carbocycles. The number of sulfonamides is 1. The smallest absolute Gasteiger partial charge is 0.243 e. The number of anilines is 1. The fraction of sp³-hybridized carbons (Fsp3) is 0.350. The average Bonchev–Trinajstić information content (AvgIpc) is 2.70. The minimum Gasteiger partial charge on any atom is -0.325 e. The van der Waals surface area contributed by atoms with E-state index in [4.69, 9.17) is 0 Å². The molecule has 0 saturated carbocycles. The van der Waals surface area contributed by atoms with Crippen molar-refractivity contribution in [1.82, 2.24) is 4.31 Å². The van der Waals surface area contributed by atoms with Crippen LogP contribution in [0.4, 0.5) is 10.1 Å². The number of nitrogens with one attached hydrogen (secondary N) is 1. The largest absolute Gasteiger partial charge is 0.325 e. The second kappa shape index (κ2) is 9.07. The number of rotatable bonds is 6. The maximum Gasteiger partial charge on any atom is 0.243 e. The first-order valence-electron chi connectivity index (χ1n) is 9.20. The molecular formula is C20H23FN2O3S2. The van der Waals surface area contributed by atoms with E-state index < -0.39 is 21.8 Å². The molecule has 0 bridgehead atoms. The van der Waals surface area contributed by atoms with E-state index in [1.807, 2.05) is 31.2 Å². The van der Waals surface area contributed by atoms with Crippen LogP contribution in [0.3, 0.4) is 0 Å². The van der Waals surface area contributed by atoms with Gasteiger partial charge in [0.25, 0.3) is 0 Å². The number of halogens is 1. The molecule has 1 atom stereocenters. The van der Waals surface area contributed by atoms with Gasteiger partial charge >= 0.3 is 0 Å². The SMILES string of the molecule is CCSc1ccccc1NC(=O)[C@H]1CCCN(S(=O)(=O)c2ccc(F)cc2)C1. The van der Waals surface area contributed by atoms with E-state index in [-0.39, 0.29) is 17.3 Å². The molecule has 0 unspecified atom stereocenters. The lowest BCUT2D eigenvalue weighted by Crippen LogP contribution is -2.43. The van der Waals surface area contributed by atoms with Crippen molar-refractivity contribution in [1.29, 1.82) is 0 Å². The van der Waals surface area contributed by atoms with Crippen LogP contribution in [-0.4, -0.2) is 37.5 Å². The van der Waals surface area contributed by atoms with Gasteiger partial charge < -0.3 is 5.32 Å². The summed E-state index contributed by atoms with van der Waals surface area (Å²) in [5.74, 6) is -0.203. The number of thioether (sulfide) groups is 1. The average molecular weight is 423 g/mol. The summed E-state index contributed by atoms with van der Waals surface area (Å²) in [4.78, 5) is 13.8. The highest BCUT2D eigenvalue weighted by molar-refractivity contribution is 7.99. The molecule has 1 amide bonds. The summed E-state index contributed by atoms with van der Waals surface area (Å²) in [7, 11) is -3.75. The molecule has 1 aliphatic heterocycles. The molecule has 3 rings (SSSR count). The number of carbonyl (C=O) groups excluding carboxylic acids is 1. The first-order chi connectivity index (χ1) is 13.4. The fourth-order valence-corrected chi connectivity index (χ4v) is 5.50. The summed E-state index contributed by atoms with van der Waals surface area (Å²) >= 11 is 1.64. The number of para-hydroxylation sites is 1. The summed E-state index contributed by atoms with van der Waals surface area (Å²) in [6.45, 7) is 2.52. The van der Waals surface area contributed by atoms with Crippen molar-refractivity contribution >= 4 is 33.4 Å². The molecule has 1 fully saturated rings. The molecule has 2 aromatic rings. The van der Waals surface area contributed by atoms with E-state index in [2.05, 4.69) is 5.32 Å². The van der Waals surface area contributed by atoms with Gasteiger partial charge in [-0.05, 0) is 55.0 Å². The van der Waals surface area contributed by atoms with Crippen molar-refractivity contribution in [3.05, 3.63) is 54.3 Å². The third-order valence-electron chi connectivity index (χ3n) is 4.65. The predicted octanol–water partition coefficient (Wildman–Crippen LogP) is 3.98. The third kappa shape index (κ3) is 4.74. The Morgan fingerprint density at radius 2 is 1.93 bits per heavy atom. The molecule has 0 aromatic heterocycles. The Labute approximate surface area is 169 Å². The number of nitrogens with zero attached hydrogens (tertiary/aromatic N) is 1. The first-order valence-corrected chi connectivity index (χ1v) is 11.6. The van der Waals surface area contributed by atoms with Crippen LogP contribution in [0.25, 0.3) is 0 Å². The summed E-state index contributed by atoms with van der Waals surface area (Å²) in [5.41, 5.74) is 0.748. The molecule has 1 N–H and O–H groups in total. The Bertz CT molecular complexity index is 933. The summed E-state index contributed by atoms with van der Waals surface area (Å²) in [6, 6.07) is 12.4. The molecule has 1 aliphatic rings. The maximum atomic E-state index is 13.1. The van der Waals surface area contributed by atoms with Gasteiger partial charge in [0.15, 0.2) is 0 Å². The second-order valence-corrected chi connectivity index (χ2v) is 9.82. The standard InChI is InChI=1S/C20H23FN2O3S2/c1-2-27-19-8-4-3-7-18(19)22-20(24)15-6-5-13-23(14-15)28(25,26)17-11-9-16(21)10-12-17/h3-4,7-12,15H,2,5-6,13-14H2,1H3,(H,22,24)/t15-/m0/s1. The van der Waals surface area contributed by atoms with E-state index in [0.29, 0.717) is 19.4 Å². The lowest BCUT2D eigenvalue weighted by atomic mass is 9.99. The maximum absolute atomic E-state index is 13.1. The number of amides is 1. The van der Waals surface area contributed by atoms with Crippen LogP contribution in [0.15, 0.2) is 58.3 Å². The molecule has 8 heteroatoms. The van der Waals surface area contributed by atoms with Gasteiger partial charge in [0, 0.05) is 18.0 Å². The van der Waals surface area contributed by atoms with Crippen LogP contribution in [0, 0.1) is 11.7 Å². The quantitative estimate of drug-likeness (QED) is 0.715. The van der Waals surface area contributed by atoms with Crippen molar-refractivity contribution in [2.75, 3.05) is 24.2 Å². The fourth-order valence-electron chi connectivity index (χ4n) is 3.22. The van der Waals surface area contributed by atoms with Crippen LogP contribution >= 0.6 is 11.8 Å². The number of hydrogen-bond donors (Lipinski definition) is 1. The van der Waals surface area contributed by atoms with E-state index in [1.54, 1.807) is 11.8 Å². The van der Waals surface area contributed by atoms with E-state index >= 15 is 0 Å². The molecule has 28 heavy (non-hydrogen) atoms. The molecule has 0 spiro atoms. The van der Waals surface area contributed by atoms with Crippen LogP contribution in [0.2, 0.25) is 0 Å². The van der Waals surface area contributed by atoms with Gasteiger partial charge in [0.05, 0.1) is 16.5 Å². The normalized spacial score (nSPS) is 18.0. The second-order valence-electron chi connectivity index (χ2n) is 6.57. The number of benzene rings is 2. The Balaban J connectivity index is 1.72. The van der Waals surface area contributed by atoms with Crippen LogP contribution in [0.1, 0.15) is 19.8 Å². The molecule has 2 aromatic carbocycles. The zero-order valence-corrected chi connectivity index (χ0v) is 17.2. The highest BCUT2D eigenvalue weighted by Gasteiger charge is 2.33. The summed E-state index contributed by atoms with van der Waals surface area (Å²) in [5, 5.41) is 2.95. The lowest BCUT2D eigenvalue weighted by molar-refractivity contribution is -0.120. The van der Waals surface area contributed by atoms with Crippen LogP contribution in [-0.2, 0) is 14.8 Å². The van der Waals surface area contributed by atoms with Gasteiger partial charge in [-0.25, -0.2) is 12.8 Å². The number of hydrogen-bond acceptors (Lipinski definition) is 4. The predicted molar refractivity (Wildman–Crippen MR) is 109 cm³/mol. The molecule has 5 nitrogen and oxygen atoms in total. The van der Waals surface area contributed by atoms with E-state index in [0.717, 1.165) is 28.5 Å². The van der Waals surface area contributed by atoms with Gasteiger partial charge in [0.1, 0.15) is 5.82 Å². The van der Waals surface area contributed by atoms with Gasteiger partial charge in [-0.3, -0.25) is 4.79 Å². The molecule has 150 valence electrons. The topological polar surface area (TPSA) is 66.5 Å². The van der Waals surface area contributed by atoms with Crippen molar-refractivity contribution in [2.45, 2.75) is 29.6 Å². The van der Waals surface area contributed by atoms with E-state index in [9.17, 15) is 17.6 Å². The third-order valence-corrected chi connectivity index (χ3v) is 7.49. The highest BCUT2D eigenvalue weighted by atomic mass is 32.2. The lowest BCUT2D eigenvalue weighted by Gasteiger charge is -2.31. The summed E-state index contributed by atoms with van der Waals surface area (Å²) in [6.07, 6.45) is 1.23. The molecule has 1 heterocycles. The summed E-state index contributed by atoms with van der Waals surface area (Å²) < 4.78 is 40.1. The van der Waals surface area contributed by atoms with Gasteiger partial charge in [-0.1, -0.05) is 19.1 Å². The van der Waals surface area contributed by atoms with Crippen LogP contribution < -0.4 is 5.32 Å². The van der Waals surface area contributed by atoms with Gasteiger partial charge in [-0.2, -0.15) is 4.31 Å². The Morgan fingerprint density at radius 3 is 2.64 bits per heavy atom. The monoisotopic (exact) mass is 422 g/mol. The van der Waals surface area contributed by atoms with Crippen molar-refractivity contribution in [2.24, 2.45) is 5.92 Å². The molecular weight excluding hydrogens is 399 g/mol.